The van der Waals surface area contributed by atoms with Crippen LogP contribution in [0.4, 0.5) is 0 Å². The number of hydrogen-bond acceptors (Lipinski definition) is 3. The highest BCUT2D eigenvalue weighted by Gasteiger charge is 2.43. The second-order valence-corrected chi connectivity index (χ2v) is 7.41. The highest BCUT2D eigenvalue weighted by Crippen LogP contribution is 2.46. The second kappa shape index (κ2) is 7.98. The minimum absolute atomic E-state index is 0.0122. The molecule has 1 amide bonds. The van der Waals surface area contributed by atoms with Crippen molar-refractivity contribution in [3.63, 3.8) is 0 Å². The Kier molecular flexibility index (Phi) is 5.69. The van der Waals surface area contributed by atoms with Gasteiger partial charge in [-0.05, 0) is 38.7 Å². The van der Waals surface area contributed by atoms with Gasteiger partial charge >= 0.3 is 0 Å². The van der Waals surface area contributed by atoms with Gasteiger partial charge in [-0.1, -0.05) is 18.2 Å². The van der Waals surface area contributed by atoms with Gasteiger partial charge in [-0.25, -0.2) is 4.99 Å². The predicted molar refractivity (Wildman–Crippen MR) is 103 cm³/mol. The van der Waals surface area contributed by atoms with Gasteiger partial charge in [-0.15, -0.1) is 0 Å². The fraction of sp³-hybridized carbons (Fsp3) is 0.600. The van der Waals surface area contributed by atoms with Crippen molar-refractivity contribution in [1.82, 2.24) is 15.5 Å². The molecule has 1 fully saturated rings. The molecule has 0 saturated heterocycles. The van der Waals surface area contributed by atoms with Crippen LogP contribution in [0.1, 0.15) is 50.6 Å². The lowest BCUT2D eigenvalue weighted by Crippen LogP contribution is -2.47. The summed E-state index contributed by atoms with van der Waals surface area (Å²) in [5.41, 5.74) is 1.09. The lowest BCUT2D eigenvalue weighted by atomic mass is 9.86. The van der Waals surface area contributed by atoms with Gasteiger partial charge < -0.3 is 20.3 Å². The first-order valence-electron chi connectivity index (χ1n) is 9.56. The van der Waals surface area contributed by atoms with E-state index in [0.29, 0.717) is 5.96 Å². The Balaban J connectivity index is 1.81. The fourth-order valence-corrected chi connectivity index (χ4v) is 3.85. The highest BCUT2D eigenvalue weighted by molar-refractivity contribution is 5.85. The van der Waals surface area contributed by atoms with E-state index in [1.807, 2.05) is 19.1 Å². The molecule has 1 aliphatic carbocycles. The summed E-state index contributed by atoms with van der Waals surface area (Å²) in [7, 11) is 3.49. The number of hydrogen-bond donors (Lipinski definition) is 2. The van der Waals surface area contributed by atoms with Gasteiger partial charge in [0.15, 0.2) is 5.96 Å². The minimum atomic E-state index is -0.0667. The first-order valence-corrected chi connectivity index (χ1v) is 9.56. The van der Waals surface area contributed by atoms with Crippen LogP contribution in [0, 0.1) is 0 Å². The van der Waals surface area contributed by atoms with Crippen molar-refractivity contribution in [1.29, 1.82) is 0 Å². The van der Waals surface area contributed by atoms with Crippen molar-refractivity contribution < 1.29 is 9.53 Å². The number of likely N-dealkylation sites (N-methyl/N-ethyl adjacent to an activating group) is 1. The summed E-state index contributed by atoms with van der Waals surface area (Å²) >= 11 is 0. The standard InChI is InChI=1S/C20H30N4O2/c1-4-21-19(22-14-18(25)24(2)3)23-16-13-20(11-7-8-12-20)26-17-10-6-5-9-15(16)17/h5-6,9-10,16H,4,7-8,11-14H2,1-3H3,(H2,21,22,23). The quantitative estimate of drug-likeness (QED) is 0.641. The SMILES string of the molecule is CCNC(=NCC(=O)N(C)C)NC1CC2(CCCC2)Oc2ccccc21. The zero-order valence-electron chi connectivity index (χ0n) is 16.0. The molecule has 2 aliphatic rings. The van der Waals surface area contributed by atoms with Gasteiger partial charge in [0.1, 0.15) is 17.9 Å². The summed E-state index contributed by atoms with van der Waals surface area (Å²) in [5, 5.41) is 6.81. The third kappa shape index (κ3) is 4.11. The van der Waals surface area contributed by atoms with Crippen LogP contribution in [0.25, 0.3) is 0 Å². The Morgan fingerprint density at radius 2 is 2.04 bits per heavy atom. The zero-order chi connectivity index (χ0) is 18.6. The van der Waals surface area contributed by atoms with E-state index in [0.717, 1.165) is 37.1 Å². The zero-order valence-corrected chi connectivity index (χ0v) is 16.0. The highest BCUT2D eigenvalue weighted by atomic mass is 16.5. The molecule has 1 aromatic carbocycles. The van der Waals surface area contributed by atoms with Crippen molar-refractivity contribution in [3.05, 3.63) is 29.8 Å². The molecule has 26 heavy (non-hydrogen) atoms. The Bertz CT molecular complexity index is 666. The number of fused-ring (bicyclic) bond motifs is 1. The summed E-state index contributed by atoms with van der Waals surface area (Å²) in [6.07, 6.45) is 5.58. The van der Waals surface area contributed by atoms with Crippen molar-refractivity contribution in [2.75, 3.05) is 27.2 Å². The van der Waals surface area contributed by atoms with E-state index < -0.39 is 0 Å². The number of aliphatic imine (C=N–C) groups is 1. The number of guanidine groups is 1. The van der Waals surface area contributed by atoms with Gasteiger partial charge in [0.2, 0.25) is 5.91 Å². The van der Waals surface area contributed by atoms with Crippen LogP contribution in [-0.2, 0) is 4.79 Å². The molecule has 2 N–H and O–H groups in total. The Morgan fingerprint density at radius 1 is 1.31 bits per heavy atom. The van der Waals surface area contributed by atoms with E-state index in [1.165, 1.54) is 12.8 Å². The Morgan fingerprint density at radius 3 is 2.73 bits per heavy atom. The molecule has 142 valence electrons. The van der Waals surface area contributed by atoms with E-state index in [4.69, 9.17) is 4.74 Å². The van der Waals surface area contributed by atoms with Gasteiger partial charge in [-0.2, -0.15) is 0 Å². The maximum Gasteiger partial charge on any atom is 0.243 e. The molecular weight excluding hydrogens is 328 g/mol. The van der Waals surface area contributed by atoms with Crippen molar-refractivity contribution in [2.45, 2.75) is 50.7 Å². The molecule has 0 radical (unpaired) electrons. The molecule has 3 rings (SSSR count). The van der Waals surface area contributed by atoms with Crippen LogP contribution in [0.5, 0.6) is 5.75 Å². The largest absolute Gasteiger partial charge is 0.487 e. The Labute approximate surface area is 156 Å². The number of nitrogens with one attached hydrogen (secondary N) is 2. The molecule has 0 aromatic heterocycles. The van der Waals surface area contributed by atoms with E-state index in [2.05, 4.69) is 27.8 Å². The van der Waals surface area contributed by atoms with E-state index in [-0.39, 0.29) is 24.1 Å². The molecule has 1 aliphatic heterocycles. The van der Waals surface area contributed by atoms with Crippen LogP contribution in [0.2, 0.25) is 0 Å². The van der Waals surface area contributed by atoms with Gasteiger partial charge in [0.25, 0.3) is 0 Å². The van der Waals surface area contributed by atoms with Crippen LogP contribution >= 0.6 is 0 Å². The number of para-hydroxylation sites is 1. The second-order valence-electron chi connectivity index (χ2n) is 7.41. The molecule has 1 atom stereocenters. The van der Waals surface area contributed by atoms with E-state index >= 15 is 0 Å². The fourth-order valence-electron chi connectivity index (χ4n) is 3.85. The van der Waals surface area contributed by atoms with Gasteiger partial charge in [0.05, 0.1) is 6.04 Å². The summed E-state index contributed by atoms with van der Waals surface area (Å²) in [6.45, 7) is 2.91. The topological polar surface area (TPSA) is 66.0 Å². The molecule has 6 heteroatoms. The van der Waals surface area contributed by atoms with Crippen LogP contribution < -0.4 is 15.4 Å². The number of carbonyl (C=O) groups excluding carboxylic acids is 1. The molecule has 1 spiro atoms. The predicted octanol–water partition coefficient (Wildman–Crippen LogP) is 2.47. The summed E-state index contributed by atoms with van der Waals surface area (Å²) in [6, 6.07) is 8.37. The Hall–Kier alpha value is -2.24. The lowest BCUT2D eigenvalue weighted by Gasteiger charge is -2.40. The number of amides is 1. The van der Waals surface area contributed by atoms with E-state index in [9.17, 15) is 4.79 Å². The van der Waals surface area contributed by atoms with Gasteiger partial charge in [0, 0.05) is 32.6 Å². The van der Waals surface area contributed by atoms with Crippen LogP contribution in [0.3, 0.4) is 0 Å². The third-order valence-corrected chi connectivity index (χ3v) is 5.24. The van der Waals surface area contributed by atoms with Crippen LogP contribution in [-0.4, -0.2) is 49.6 Å². The molecule has 1 saturated carbocycles. The summed E-state index contributed by atoms with van der Waals surface area (Å²) < 4.78 is 6.42. The molecule has 1 unspecified atom stereocenters. The summed E-state index contributed by atoms with van der Waals surface area (Å²) in [5.74, 6) is 1.64. The first kappa shape index (κ1) is 18.5. The smallest absolute Gasteiger partial charge is 0.243 e. The van der Waals surface area contributed by atoms with Gasteiger partial charge in [-0.3, -0.25) is 4.79 Å². The molecule has 6 nitrogen and oxygen atoms in total. The number of ether oxygens (including phenoxy) is 1. The van der Waals surface area contributed by atoms with Crippen molar-refractivity contribution in [2.24, 2.45) is 4.99 Å². The third-order valence-electron chi connectivity index (χ3n) is 5.24. The average molecular weight is 358 g/mol. The number of rotatable bonds is 4. The molecule has 1 aromatic rings. The maximum absolute atomic E-state index is 11.9. The van der Waals surface area contributed by atoms with Crippen molar-refractivity contribution in [3.8, 4) is 5.75 Å². The number of nitrogens with zero attached hydrogens (tertiary/aromatic N) is 2. The number of benzene rings is 1. The normalized spacial score (nSPS) is 21.0. The first-order chi connectivity index (χ1) is 12.5. The van der Waals surface area contributed by atoms with Crippen molar-refractivity contribution >= 4 is 11.9 Å². The summed E-state index contributed by atoms with van der Waals surface area (Å²) in [4.78, 5) is 17.9. The maximum atomic E-state index is 11.9. The molecule has 0 bridgehead atoms. The number of carbonyl (C=O) groups is 1. The molecule has 1 heterocycles. The molecular formula is C20H30N4O2. The van der Waals surface area contributed by atoms with Crippen LogP contribution in [0.15, 0.2) is 29.3 Å². The average Bonchev–Trinajstić information content (AvgIpc) is 3.06. The monoisotopic (exact) mass is 358 g/mol. The lowest BCUT2D eigenvalue weighted by molar-refractivity contribution is -0.127. The minimum Gasteiger partial charge on any atom is -0.487 e. The van der Waals surface area contributed by atoms with E-state index in [1.54, 1.807) is 19.0 Å².